The Labute approximate surface area is 129 Å². The molecule has 1 aliphatic heterocycles. The maximum absolute atomic E-state index is 5.66. The first-order valence-electron chi connectivity index (χ1n) is 7.64. The summed E-state index contributed by atoms with van der Waals surface area (Å²) in [6.07, 6.45) is 3.82. The molecule has 1 fully saturated rings. The number of thiophene rings is 1. The fourth-order valence-corrected chi connectivity index (χ4v) is 3.52. The number of hydrogen-bond donors (Lipinski definition) is 2. The van der Waals surface area contributed by atoms with E-state index >= 15 is 0 Å². The Morgan fingerprint density at radius 2 is 2.29 bits per heavy atom. The minimum atomic E-state index is 0.410. The lowest BCUT2D eigenvalue weighted by atomic mass is 10.2. The number of aryl methyl sites for hydroxylation is 1. The maximum atomic E-state index is 5.66. The highest BCUT2D eigenvalue weighted by Gasteiger charge is 2.15. The molecular formula is C15H22N4OS. The Morgan fingerprint density at radius 1 is 1.38 bits per heavy atom. The average Bonchev–Trinajstić information content (AvgIpc) is 3.07. The molecule has 1 aliphatic rings. The molecule has 2 aromatic rings. The average molecular weight is 306 g/mol. The van der Waals surface area contributed by atoms with Gasteiger partial charge in [0.25, 0.3) is 0 Å². The number of anilines is 2. The second-order valence-electron chi connectivity index (χ2n) is 5.35. The quantitative estimate of drug-likeness (QED) is 0.856. The predicted octanol–water partition coefficient (Wildman–Crippen LogP) is 3.41. The number of aromatic nitrogens is 2. The lowest BCUT2D eigenvalue weighted by molar-refractivity contribution is 0.107. The Morgan fingerprint density at radius 3 is 3.05 bits per heavy atom. The summed E-state index contributed by atoms with van der Waals surface area (Å²) in [5, 5.41) is 7.78. The van der Waals surface area contributed by atoms with Crippen LogP contribution in [0.4, 0.5) is 11.8 Å². The van der Waals surface area contributed by atoms with E-state index in [2.05, 4.69) is 40.5 Å². The zero-order chi connectivity index (χ0) is 14.7. The van der Waals surface area contributed by atoms with Crippen molar-refractivity contribution in [3.05, 3.63) is 10.9 Å². The highest BCUT2D eigenvalue weighted by atomic mass is 32.1. The summed E-state index contributed by atoms with van der Waals surface area (Å²) >= 11 is 1.71. The lowest BCUT2D eigenvalue weighted by Gasteiger charge is -2.12. The van der Waals surface area contributed by atoms with E-state index in [1.165, 1.54) is 17.7 Å². The smallest absolute Gasteiger partial charge is 0.226 e. The van der Waals surface area contributed by atoms with E-state index in [4.69, 9.17) is 4.74 Å². The molecule has 1 unspecified atom stereocenters. The minimum absolute atomic E-state index is 0.410. The van der Waals surface area contributed by atoms with Crippen LogP contribution in [-0.4, -0.2) is 35.8 Å². The van der Waals surface area contributed by atoms with Crippen LogP contribution in [0.5, 0.6) is 0 Å². The van der Waals surface area contributed by atoms with Crippen LogP contribution in [-0.2, 0) is 4.74 Å². The summed E-state index contributed by atoms with van der Waals surface area (Å²) in [6.45, 7) is 6.78. The number of nitrogens with one attached hydrogen (secondary N) is 2. The van der Waals surface area contributed by atoms with Gasteiger partial charge >= 0.3 is 0 Å². The van der Waals surface area contributed by atoms with Crippen LogP contribution in [0.15, 0.2) is 6.07 Å². The molecule has 5 nitrogen and oxygen atoms in total. The molecule has 3 rings (SSSR count). The van der Waals surface area contributed by atoms with Gasteiger partial charge in [-0.05, 0) is 39.2 Å². The van der Waals surface area contributed by atoms with Crippen LogP contribution >= 0.6 is 11.3 Å². The molecule has 0 aromatic carbocycles. The van der Waals surface area contributed by atoms with Crippen molar-refractivity contribution in [1.29, 1.82) is 0 Å². The second kappa shape index (κ2) is 6.58. The summed E-state index contributed by atoms with van der Waals surface area (Å²) in [4.78, 5) is 11.5. The molecule has 0 amide bonds. The van der Waals surface area contributed by atoms with Crippen LogP contribution in [0, 0.1) is 6.92 Å². The van der Waals surface area contributed by atoms with Crippen molar-refractivity contribution in [1.82, 2.24) is 9.97 Å². The summed E-state index contributed by atoms with van der Waals surface area (Å²) in [7, 11) is 0. The van der Waals surface area contributed by atoms with Crippen LogP contribution in [0.1, 0.15) is 31.1 Å². The first-order valence-corrected chi connectivity index (χ1v) is 8.45. The summed E-state index contributed by atoms with van der Waals surface area (Å²) in [5.41, 5.74) is 0. The predicted molar refractivity (Wildman–Crippen MR) is 88.4 cm³/mol. The molecule has 1 saturated heterocycles. The summed E-state index contributed by atoms with van der Waals surface area (Å²) in [5.74, 6) is 1.63. The van der Waals surface area contributed by atoms with Gasteiger partial charge in [-0.2, -0.15) is 4.98 Å². The molecule has 21 heavy (non-hydrogen) atoms. The highest BCUT2D eigenvalue weighted by Crippen LogP contribution is 2.29. The maximum Gasteiger partial charge on any atom is 0.226 e. The van der Waals surface area contributed by atoms with Crippen molar-refractivity contribution in [2.45, 2.75) is 39.2 Å². The van der Waals surface area contributed by atoms with Crippen LogP contribution < -0.4 is 10.6 Å². The molecule has 0 spiro atoms. The van der Waals surface area contributed by atoms with Gasteiger partial charge in [0, 0.05) is 24.6 Å². The zero-order valence-electron chi connectivity index (χ0n) is 12.6. The third-order valence-electron chi connectivity index (χ3n) is 3.63. The standard InChI is InChI=1S/C15H22N4OS/c1-3-16-15-18-13(12-9-10(2)21-14(12)19-15)17-7-6-11-5-4-8-20-11/h9,11H,3-8H2,1-2H3,(H2,16,17,18,19). The highest BCUT2D eigenvalue weighted by molar-refractivity contribution is 7.18. The molecule has 114 valence electrons. The topological polar surface area (TPSA) is 59.1 Å². The summed E-state index contributed by atoms with van der Waals surface area (Å²) in [6, 6.07) is 2.16. The van der Waals surface area contributed by atoms with E-state index in [0.29, 0.717) is 12.1 Å². The molecule has 2 aromatic heterocycles. The molecule has 0 radical (unpaired) electrons. The van der Waals surface area contributed by atoms with Gasteiger partial charge in [-0.1, -0.05) is 0 Å². The Bertz CT molecular complexity index is 607. The van der Waals surface area contributed by atoms with Crippen molar-refractivity contribution in [2.75, 3.05) is 30.3 Å². The molecule has 0 bridgehead atoms. The van der Waals surface area contributed by atoms with Crippen molar-refractivity contribution < 1.29 is 4.74 Å². The van der Waals surface area contributed by atoms with Gasteiger partial charge in [-0.25, -0.2) is 4.98 Å². The van der Waals surface area contributed by atoms with E-state index in [-0.39, 0.29) is 0 Å². The third-order valence-corrected chi connectivity index (χ3v) is 4.58. The van der Waals surface area contributed by atoms with E-state index in [0.717, 1.165) is 42.2 Å². The van der Waals surface area contributed by atoms with Gasteiger partial charge in [-0.3, -0.25) is 0 Å². The minimum Gasteiger partial charge on any atom is -0.378 e. The fraction of sp³-hybridized carbons (Fsp3) is 0.600. The fourth-order valence-electron chi connectivity index (χ4n) is 2.64. The van der Waals surface area contributed by atoms with Crippen molar-refractivity contribution in [2.24, 2.45) is 0 Å². The lowest BCUT2D eigenvalue weighted by Crippen LogP contribution is -2.14. The largest absolute Gasteiger partial charge is 0.378 e. The number of rotatable bonds is 6. The molecule has 1 atom stereocenters. The molecule has 2 N–H and O–H groups in total. The molecule has 0 saturated carbocycles. The van der Waals surface area contributed by atoms with Gasteiger partial charge in [0.2, 0.25) is 5.95 Å². The molecule has 6 heteroatoms. The SMILES string of the molecule is CCNc1nc(NCCC2CCCO2)c2cc(C)sc2n1. The molecule has 3 heterocycles. The Balaban J connectivity index is 1.74. The van der Waals surface area contributed by atoms with Gasteiger partial charge < -0.3 is 15.4 Å². The van der Waals surface area contributed by atoms with Crippen molar-refractivity contribution in [3.8, 4) is 0 Å². The van der Waals surface area contributed by atoms with Gasteiger partial charge in [-0.15, -0.1) is 11.3 Å². The van der Waals surface area contributed by atoms with E-state index in [1.807, 2.05) is 0 Å². The third kappa shape index (κ3) is 3.44. The number of hydrogen-bond acceptors (Lipinski definition) is 6. The van der Waals surface area contributed by atoms with E-state index in [1.54, 1.807) is 11.3 Å². The van der Waals surface area contributed by atoms with Crippen LogP contribution in [0.25, 0.3) is 10.2 Å². The number of ether oxygens (including phenoxy) is 1. The van der Waals surface area contributed by atoms with Crippen LogP contribution in [0.3, 0.4) is 0 Å². The first-order chi connectivity index (χ1) is 10.3. The van der Waals surface area contributed by atoms with Gasteiger partial charge in [0.1, 0.15) is 10.6 Å². The van der Waals surface area contributed by atoms with Gasteiger partial charge in [0.05, 0.1) is 11.5 Å². The van der Waals surface area contributed by atoms with Gasteiger partial charge in [0.15, 0.2) is 0 Å². The Kier molecular flexibility index (Phi) is 4.55. The second-order valence-corrected chi connectivity index (χ2v) is 6.59. The monoisotopic (exact) mass is 306 g/mol. The van der Waals surface area contributed by atoms with Crippen LogP contribution in [0.2, 0.25) is 0 Å². The zero-order valence-corrected chi connectivity index (χ0v) is 13.4. The van der Waals surface area contributed by atoms with E-state index in [9.17, 15) is 0 Å². The van der Waals surface area contributed by atoms with E-state index < -0.39 is 0 Å². The molecular weight excluding hydrogens is 284 g/mol. The van der Waals surface area contributed by atoms with Crippen molar-refractivity contribution >= 4 is 33.3 Å². The first kappa shape index (κ1) is 14.5. The Hall–Kier alpha value is -1.40. The molecule has 0 aliphatic carbocycles. The normalized spacial score (nSPS) is 18.3. The van der Waals surface area contributed by atoms with Crippen molar-refractivity contribution in [3.63, 3.8) is 0 Å². The summed E-state index contributed by atoms with van der Waals surface area (Å²) < 4.78 is 5.66. The number of fused-ring (bicyclic) bond motifs is 1. The number of nitrogens with zero attached hydrogens (tertiary/aromatic N) is 2.